The maximum atomic E-state index is 13.1. The lowest BCUT2D eigenvalue weighted by atomic mass is 10.1. The van der Waals surface area contributed by atoms with Crippen molar-refractivity contribution in [2.45, 2.75) is 24.6 Å². The van der Waals surface area contributed by atoms with Gasteiger partial charge in [0.2, 0.25) is 0 Å². The molecule has 0 atom stereocenters. The smallest absolute Gasteiger partial charge is 0.413 e. The van der Waals surface area contributed by atoms with Crippen molar-refractivity contribution in [3.63, 3.8) is 0 Å². The quantitative estimate of drug-likeness (QED) is 0.909. The minimum Gasteiger partial charge on any atom is -0.478 e. The van der Waals surface area contributed by atoms with Gasteiger partial charge in [0.05, 0.1) is 5.56 Å². The van der Waals surface area contributed by atoms with Gasteiger partial charge in [-0.15, -0.1) is 5.10 Å². The molecule has 1 aromatic carbocycles. The summed E-state index contributed by atoms with van der Waals surface area (Å²) in [5, 5.41) is 16.2. The number of carboxylic acid groups (broad SMARTS) is 1. The lowest BCUT2D eigenvalue weighted by Crippen LogP contribution is -2.36. The molecule has 0 unspecified atom stereocenters. The normalized spacial score (nSPS) is 17.6. The summed E-state index contributed by atoms with van der Waals surface area (Å²) in [6.45, 7) is 0. The zero-order valence-electron chi connectivity index (χ0n) is 9.48. The molecule has 3 rings (SSSR count). The minimum absolute atomic E-state index is 0.0789. The molecule has 1 fully saturated rings. The highest BCUT2D eigenvalue weighted by Gasteiger charge is 2.66. The first-order valence-electron chi connectivity index (χ1n) is 5.52. The third-order valence-corrected chi connectivity index (χ3v) is 3.36. The van der Waals surface area contributed by atoms with E-state index in [4.69, 9.17) is 5.11 Å². The van der Waals surface area contributed by atoms with Crippen molar-refractivity contribution in [2.75, 3.05) is 0 Å². The summed E-state index contributed by atoms with van der Waals surface area (Å²) in [5.74, 6) is -1.30. The highest BCUT2D eigenvalue weighted by Crippen LogP contribution is 2.55. The molecule has 0 aliphatic heterocycles. The van der Waals surface area contributed by atoms with Crippen LogP contribution in [0.4, 0.5) is 13.2 Å². The summed E-state index contributed by atoms with van der Waals surface area (Å²) >= 11 is 0. The van der Waals surface area contributed by atoms with Crippen LogP contribution in [0.5, 0.6) is 0 Å². The number of nitrogens with zero attached hydrogens (tertiary/aromatic N) is 3. The number of rotatable bonds is 2. The predicted octanol–water partition coefficient (Wildman–Crippen LogP) is 2.18. The number of benzene rings is 1. The van der Waals surface area contributed by atoms with E-state index in [1.165, 1.54) is 18.2 Å². The fourth-order valence-electron chi connectivity index (χ4n) is 2.18. The van der Waals surface area contributed by atoms with E-state index in [0.29, 0.717) is 4.68 Å². The molecule has 100 valence electrons. The molecule has 1 aromatic heterocycles. The maximum absolute atomic E-state index is 13.1. The largest absolute Gasteiger partial charge is 0.478 e. The lowest BCUT2D eigenvalue weighted by molar-refractivity contribution is -0.181. The molecule has 0 bridgehead atoms. The van der Waals surface area contributed by atoms with Crippen molar-refractivity contribution in [3.05, 3.63) is 23.8 Å². The third kappa shape index (κ3) is 1.52. The molecule has 1 aliphatic rings. The van der Waals surface area contributed by atoms with Crippen molar-refractivity contribution in [3.8, 4) is 0 Å². The second-order valence-corrected chi connectivity index (χ2v) is 4.51. The van der Waals surface area contributed by atoms with Gasteiger partial charge in [-0.2, -0.15) is 13.2 Å². The Hall–Kier alpha value is -2.12. The van der Waals surface area contributed by atoms with E-state index < -0.39 is 17.7 Å². The van der Waals surface area contributed by atoms with Crippen molar-refractivity contribution in [1.82, 2.24) is 15.0 Å². The first-order valence-corrected chi connectivity index (χ1v) is 5.52. The van der Waals surface area contributed by atoms with Gasteiger partial charge in [-0.3, -0.25) is 0 Å². The van der Waals surface area contributed by atoms with Crippen LogP contribution >= 0.6 is 0 Å². The molecule has 19 heavy (non-hydrogen) atoms. The van der Waals surface area contributed by atoms with Crippen molar-refractivity contribution >= 4 is 17.0 Å². The van der Waals surface area contributed by atoms with Crippen molar-refractivity contribution in [2.24, 2.45) is 0 Å². The van der Waals surface area contributed by atoms with Crippen LogP contribution in [-0.4, -0.2) is 32.2 Å². The Morgan fingerprint density at radius 2 is 2.05 bits per heavy atom. The zero-order valence-corrected chi connectivity index (χ0v) is 9.48. The average molecular weight is 271 g/mol. The van der Waals surface area contributed by atoms with Crippen LogP contribution in [0, 0.1) is 0 Å². The zero-order chi connectivity index (χ0) is 13.8. The van der Waals surface area contributed by atoms with Crippen LogP contribution in [0.1, 0.15) is 23.2 Å². The fourth-order valence-corrected chi connectivity index (χ4v) is 2.18. The van der Waals surface area contributed by atoms with Gasteiger partial charge < -0.3 is 5.11 Å². The van der Waals surface area contributed by atoms with Gasteiger partial charge in [-0.1, -0.05) is 11.3 Å². The molecule has 5 nitrogen and oxygen atoms in total. The van der Waals surface area contributed by atoms with Crippen LogP contribution in [-0.2, 0) is 5.54 Å². The molecule has 1 saturated carbocycles. The van der Waals surface area contributed by atoms with Gasteiger partial charge in [0.1, 0.15) is 11.0 Å². The standard InChI is InChI=1S/C11H8F3N3O2/c12-11(13,14)10(4-5-10)17-8-6(9(18)19)2-1-3-7(8)15-16-17/h1-3H,4-5H2,(H,18,19). The Kier molecular flexibility index (Phi) is 2.17. The predicted molar refractivity (Wildman–Crippen MR) is 57.8 cm³/mol. The van der Waals surface area contributed by atoms with Crippen LogP contribution in [0.3, 0.4) is 0 Å². The molecule has 1 aliphatic carbocycles. The number of alkyl halides is 3. The Bertz CT molecular complexity index is 673. The fraction of sp³-hybridized carbons (Fsp3) is 0.364. The summed E-state index contributed by atoms with van der Waals surface area (Å²) in [6, 6.07) is 4.12. The van der Waals surface area contributed by atoms with E-state index in [-0.39, 0.29) is 29.4 Å². The molecular formula is C11H8F3N3O2. The first-order chi connectivity index (χ1) is 8.87. The number of aromatic carboxylic acids is 1. The molecule has 0 saturated heterocycles. The number of hydrogen-bond acceptors (Lipinski definition) is 3. The van der Waals surface area contributed by atoms with Gasteiger partial charge in [0.15, 0.2) is 5.54 Å². The maximum Gasteiger partial charge on any atom is 0.413 e. The van der Waals surface area contributed by atoms with E-state index in [1.54, 1.807) is 0 Å². The number of aromatic nitrogens is 3. The molecule has 0 spiro atoms. The first kappa shape index (κ1) is 11.9. The number of hydrogen-bond donors (Lipinski definition) is 1. The number of carbonyl (C=O) groups is 1. The topological polar surface area (TPSA) is 68.0 Å². The van der Waals surface area contributed by atoms with Crippen molar-refractivity contribution < 1.29 is 23.1 Å². The summed E-state index contributed by atoms with van der Waals surface area (Å²) < 4.78 is 40.0. The Balaban J connectivity index is 2.29. The molecule has 2 aromatic rings. The van der Waals surface area contributed by atoms with E-state index >= 15 is 0 Å². The summed E-state index contributed by atoms with van der Waals surface area (Å²) in [6.07, 6.45) is -4.69. The Morgan fingerprint density at radius 1 is 1.37 bits per heavy atom. The van der Waals surface area contributed by atoms with Crippen molar-refractivity contribution in [1.29, 1.82) is 0 Å². The highest BCUT2D eigenvalue weighted by atomic mass is 19.4. The number of para-hydroxylation sites is 1. The second kappa shape index (κ2) is 3.46. The Morgan fingerprint density at radius 3 is 2.58 bits per heavy atom. The third-order valence-electron chi connectivity index (χ3n) is 3.36. The molecular weight excluding hydrogens is 263 g/mol. The van der Waals surface area contributed by atoms with Crippen LogP contribution in [0.25, 0.3) is 11.0 Å². The van der Waals surface area contributed by atoms with E-state index in [9.17, 15) is 18.0 Å². The molecule has 1 heterocycles. The molecule has 0 amide bonds. The highest BCUT2D eigenvalue weighted by molar-refractivity contribution is 6.00. The lowest BCUT2D eigenvalue weighted by Gasteiger charge is -2.20. The second-order valence-electron chi connectivity index (χ2n) is 4.51. The number of halogens is 3. The van der Waals surface area contributed by atoms with E-state index in [0.717, 1.165) is 0 Å². The number of fused-ring (bicyclic) bond motifs is 1. The van der Waals surface area contributed by atoms with Gasteiger partial charge in [-0.25, -0.2) is 9.48 Å². The minimum atomic E-state index is -4.47. The van der Waals surface area contributed by atoms with Gasteiger partial charge in [-0.05, 0) is 25.0 Å². The van der Waals surface area contributed by atoms with Crippen LogP contribution in [0.15, 0.2) is 18.2 Å². The number of carboxylic acids is 1. The average Bonchev–Trinajstić information content (AvgIpc) is 3.03. The van der Waals surface area contributed by atoms with Crippen LogP contribution in [0.2, 0.25) is 0 Å². The summed E-state index contributed by atoms with van der Waals surface area (Å²) in [7, 11) is 0. The van der Waals surface area contributed by atoms with Crippen LogP contribution < -0.4 is 0 Å². The molecule has 8 heteroatoms. The van der Waals surface area contributed by atoms with Gasteiger partial charge >= 0.3 is 12.1 Å². The Labute approximate surface area is 104 Å². The SMILES string of the molecule is O=C(O)c1cccc2nnn(C3(C(F)(F)F)CC3)c12. The van der Waals surface area contributed by atoms with E-state index in [2.05, 4.69) is 10.3 Å². The van der Waals surface area contributed by atoms with Gasteiger partial charge in [0, 0.05) is 0 Å². The molecule has 1 N–H and O–H groups in total. The summed E-state index contributed by atoms with van der Waals surface area (Å²) in [4.78, 5) is 11.1. The van der Waals surface area contributed by atoms with E-state index in [1.807, 2.05) is 0 Å². The monoisotopic (exact) mass is 271 g/mol. The summed E-state index contributed by atoms with van der Waals surface area (Å²) in [5.41, 5.74) is -2.26. The molecule has 0 radical (unpaired) electrons. The van der Waals surface area contributed by atoms with Gasteiger partial charge in [0.25, 0.3) is 0 Å².